The van der Waals surface area contributed by atoms with Crippen molar-refractivity contribution in [1.82, 2.24) is 25.3 Å². The number of hydrogen-bond donors (Lipinski definition) is 2. The van der Waals surface area contributed by atoms with Crippen molar-refractivity contribution in [1.29, 1.82) is 0 Å². The predicted octanol–water partition coefficient (Wildman–Crippen LogP) is 4.74. The lowest BCUT2D eigenvalue weighted by atomic mass is 9.87. The molecule has 3 rings (SSSR count). The summed E-state index contributed by atoms with van der Waals surface area (Å²) in [5, 5.41) is 5.51. The number of carbonyl (C=O) groups excluding carboxylic acids is 6. The standard InChI is InChI=1S/C45H73N5O10/c1-14-29(4)37(48(10)36(28(2)3)40(53)47-42(55)45(9)23-19-25-50(45)43(56)60-44(6,7)8)34(57-11)27-35(51)49-24-18-22-33(49)38(58-12)30(5)39(52)46-32(41(54)59-13)26-31-20-16-15-17-21-31/h15-17,20-21,28-30,32-34,36-38H,14,18-19,22-27H2,1-13H3,(H,46,52)(H,47,53,55)/t29-,30+,32-,33-,34+,36-,37-,38+,45-/m0/s1. The smallest absolute Gasteiger partial charge is 0.411 e. The molecule has 2 aliphatic heterocycles. The highest BCUT2D eigenvalue weighted by Gasteiger charge is 2.49. The van der Waals surface area contributed by atoms with Gasteiger partial charge < -0.3 is 29.2 Å². The van der Waals surface area contributed by atoms with E-state index in [0.717, 1.165) is 12.0 Å². The van der Waals surface area contributed by atoms with Crippen LogP contribution in [0.15, 0.2) is 30.3 Å². The Balaban J connectivity index is 1.80. The van der Waals surface area contributed by atoms with Crippen LogP contribution in [0.5, 0.6) is 0 Å². The number of likely N-dealkylation sites (tertiary alicyclic amines) is 2. The summed E-state index contributed by atoms with van der Waals surface area (Å²) in [4.78, 5) is 87.1. The SMILES string of the molecule is CC[C@H](C)[C@@H]([C@@H](CC(=O)N1CCC[C@H]1[C@H](OC)[C@@H](C)C(=O)N[C@@H](Cc1ccccc1)C(=O)OC)OC)N(C)[C@H](C(=O)NC(=O)[C@]1(C)CCCN1C(=O)OC(C)(C)C)C(C)C. The van der Waals surface area contributed by atoms with Gasteiger partial charge in [-0.2, -0.15) is 0 Å². The number of ether oxygens (including phenoxy) is 4. The van der Waals surface area contributed by atoms with Crippen molar-refractivity contribution in [2.75, 3.05) is 41.5 Å². The van der Waals surface area contributed by atoms with Crippen LogP contribution in [0.1, 0.15) is 106 Å². The Bertz CT molecular complexity index is 1620. The van der Waals surface area contributed by atoms with Gasteiger partial charge in [0.25, 0.3) is 5.91 Å². The van der Waals surface area contributed by atoms with Gasteiger partial charge in [0.05, 0.1) is 43.7 Å². The minimum absolute atomic E-state index is 0.000860. The molecule has 1 aromatic rings. The summed E-state index contributed by atoms with van der Waals surface area (Å²) in [6.45, 7) is 17.4. The molecule has 0 radical (unpaired) electrons. The molecule has 0 saturated carbocycles. The fourth-order valence-corrected chi connectivity index (χ4v) is 8.95. The van der Waals surface area contributed by atoms with Crippen LogP contribution >= 0.6 is 0 Å². The van der Waals surface area contributed by atoms with Crippen molar-refractivity contribution >= 4 is 35.7 Å². The predicted molar refractivity (Wildman–Crippen MR) is 228 cm³/mol. The first-order chi connectivity index (χ1) is 28.1. The molecular weight excluding hydrogens is 771 g/mol. The Labute approximate surface area is 357 Å². The Morgan fingerprint density at radius 1 is 0.933 bits per heavy atom. The van der Waals surface area contributed by atoms with Crippen LogP contribution in [0.3, 0.4) is 0 Å². The summed E-state index contributed by atoms with van der Waals surface area (Å²) < 4.78 is 22.7. The molecule has 15 nitrogen and oxygen atoms in total. The molecule has 338 valence electrons. The minimum atomic E-state index is -1.27. The maximum Gasteiger partial charge on any atom is 0.411 e. The average molecular weight is 844 g/mol. The van der Waals surface area contributed by atoms with E-state index < -0.39 is 83.2 Å². The first-order valence-corrected chi connectivity index (χ1v) is 21.5. The molecule has 0 aliphatic carbocycles. The quantitative estimate of drug-likeness (QED) is 0.184. The fraction of sp³-hybridized carbons (Fsp3) is 0.733. The van der Waals surface area contributed by atoms with Crippen molar-refractivity contribution in [2.24, 2.45) is 17.8 Å². The van der Waals surface area contributed by atoms with E-state index in [9.17, 15) is 28.8 Å². The second-order valence-corrected chi connectivity index (χ2v) is 18.1. The first kappa shape index (κ1) is 50.3. The summed E-state index contributed by atoms with van der Waals surface area (Å²) in [5.41, 5.74) is -1.16. The second kappa shape index (κ2) is 22.1. The van der Waals surface area contributed by atoms with Gasteiger partial charge in [0.1, 0.15) is 17.2 Å². The molecule has 60 heavy (non-hydrogen) atoms. The Kier molecular flexibility index (Phi) is 18.6. The van der Waals surface area contributed by atoms with Crippen molar-refractivity contribution in [3.8, 4) is 0 Å². The lowest BCUT2D eigenvalue weighted by molar-refractivity contribution is -0.147. The third-order valence-corrected chi connectivity index (χ3v) is 12.3. The van der Waals surface area contributed by atoms with E-state index in [1.807, 2.05) is 63.1 Å². The third-order valence-electron chi connectivity index (χ3n) is 12.3. The molecule has 0 spiro atoms. The molecular formula is C45H73N5O10. The number of nitrogens with zero attached hydrogens (tertiary/aromatic N) is 3. The molecule has 2 N–H and O–H groups in total. The number of likely N-dealkylation sites (N-methyl/N-ethyl adjacent to an activating group) is 1. The number of methoxy groups -OCH3 is 3. The van der Waals surface area contributed by atoms with Crippen molar-refractivity contribution < 1.29 is 47.7 Å². The number of amides is 5. The van der Waals surface area contributed by atoms with Crippen molar-refractivity contribution in [2.45, 2.75) is 155 Å². The molecule has 2 saturated heterocycles. The second-order valence-electron chi connectivity index (χ2n) is 18.1. The van der Waals surface area contributed by atoms with Crippen LogP contribution in [0.25, 0.3) is 0 Å². The van der Waals surface area contributed by atoms with Crippen LogP contribution in [0.2, 0.25) is 0 Å². The van der Waals surface area contributed by atoms with Crippen LogP contribution < -0.4 is 10.6 Å². The topological polar surface area (TPSA) is 173 Å². The zero-order chi connectivity index (χ0) is 45.1. The molecule has 2 fully saturated rings. The van der Waals surface area contributed by atoms with Gasteiger partial charge in [0.2, 0.25) is 17.7 Å². The lowest BCUT2D eigenvalue weighted by Crippen LogP contribution is -2.62. The van der Waals surface area contributed by atoms with Gasteiger partial charge in [0, 0.05) is 39.8 Å². The molecule has 5 amide bonds. The van der Waals surface area contributed by atoms with E-state index in [4.69, 9.17) is 18.9 Å². The molecule has 1 aromatic carbocycles. The zero-order valence-corrected chi connectivity index (χ0v) is 38.4. The number of carbonyl (C=O) groups is 6. The van der Waals surface area contributed by atoms with Gasteiger partial charge in [-0.15, -0.1) is 0 Å². The number of benzene rings is 1. The fourth-order valence-electron chi connectivity index (χ4n) is 8.95. The van der Waals surface area contributed by atoms with Gasteiger partial charge in [0.15, 0.2) is 0 Å². The van der Waals surface area contributed by atoms with E-state index in [1.165, 1.54) is 19.1 Å². The Morgan fingerprint density at radius 2 is 1.58 bits per heavy atom. The minimum Gasteiger partial charge on any atom is -0.467 e. The third kappa shape index (κ3) is 12.5. The molecule has 2 aliphatic rings. The summed E-state index contributed by atoms with van der Waals surface area (Å²) in [6.07, 6.45) is 1.36. The lowest BCUT2D eigenvalue weighted by Gasteiger charge is -2.43. The van der Waals surface area contributed by atoms with Crippen LogP contribution in [0.4, 0.5) is 4.79 Å². The number of imide groups is 1. The summed E-state index contributed by atoms with van der Waals surface area (Å²) in [6, 6.07) is 6.83. The Morgan fingerprint density at radius 3 is 2.13 bits per heavy atom. The maximum atomic E-state index is 14.4. The van der Waals surface area contributed by atoms with Gasteiger partial charge >= 0.3 is 12.1 Å². The van der Waals surface area contributed by atoms with Crippen LogP contribution in [-0.4, -0.2) is 139 Å². The number of rotatable bonds is 19. The highest BCUT2D eigenvalue weighted by atomic mass is 16.6. The van der Waals surface area contributed by atoms with E-state index in [0.29, 0.717) is 38.8 Å². The number of nitrogens with one attached hydrogen (secondary N) is 2. The van der Waals surface area contributed by atoms with Crippen LogP contribution in [0, 0.1) is 17.8 Å². The first-order valence-electron chi connectivity index (χ1n) is 21.5. The summed E-state index contributed by atoms with van der Waals surface area (Å²) in [5.74, 6) is -3.19. The van der Waals surface area contributed by atoms with Crippen molar-refractivity contribution in [3.05, 3.63) is 35.9 Å². The van der Waals surface area contributed by atoms with Crippen molar-refractivity contribution in [3.63, 3.8) is 0 Å². The monoisotopic (exact) mass is 844 g/mol. The molecule has 0 unspecified atom stereocenters. The number of hydrogen-bond acceptors (Lipinski definition) is 11. The van der Waals surface area contributed by atoms with Gasteiger partial charge in [-0.1, -0.05) is 71.4 Å². The van der Waals surface area contributed by atoms with E-state index in [-0.39, 0.29) is 30.6 Å². The largest absolute Gasteiger partial charge is 0.467 e. The molecule has 0 bridgehead atoms. The highest BCUT2D eigenvalue weighted by molar-refractivity contribution is 6.03. The highest BCUT2D eigenvalue weighted by Crippen LogP contribution is 2.33. The van der Waals surface area contributed by atoms with E-state index >= 15 is 0 Å². The molecule has 0 aromatic heterocycles. The zero-order valence-electron chi connectivity index (χ0n) is 38.4. The van der Waals surface area contributed by atoms with Gasteiger partial charge in [-0.3, -0.25) is 34.3 Å². The molecule has 9 atom stereocenters. The van der Waals surface area contributed by atoms with Crippen LogP contribution in [-0.2, 0) is 49.3 Å². The van der Waals surface area contributed by atoms with Gasteiger partial charge in [-0.25, -0.2) is 9.59 Å². The maximum absolute atomic E-state index is 14.4. The average Bonchev–Trinajstić information content (AvgIpc) is 3.84. The summed E-state index contributed by atoms with van der Waals surface area (Å²) >= 11 is 0. The normalized spacial score (nSPS) is 21.8. The van der Waals surface area contributed by atoms with E-state index in [1.54, 1.807) is 46.6 Å². The molecule has 2 heterocycles. The summed E-state index contributed by atoms with van der Waals surface area (Å²) in [7, 11) is 6.18. The van der Waals surface area contributed by atoms with E-state index in [2.05, 4.69) is 17.6 Å². The Hall–Kier alpha value is -4.08. The number of esters is 1. The molecule has 15 heteroatoms. The van der Waals surface area contributed by atoms with Gasteiger partial charge in [-0.05, 0) is 77.8 Å².